The molecule has 2 N–H and O–H groups in total. The maximum absolute atomic E-state index is 11.7. The summed E-state index contributed by atoms with van der Waals surface area (Å²) in [6.45, 7) is 1.04. The molecule has 124 valence electrons. The third kappa shape index (κ3) is 2.91. The van der Waals surface area contributed by atoms with E-state index in [-0.39, 0.29) is 11.9 Å². The number of aryl methyl sites for hydroxylation is 1. The zero-order valence-electron chi connectivity index (χ0n) is 13.6. The first-order valence-electron chi connectivity index (χ1n) is 9.02. The molecule has 4 atom stereocenters. The number of fused-ring (bicyclic) bond motifs is 2. The molecule has 1 amide bonds. The molecule has 3 unspecified atom stereocenters. The van der Waals surface area contributed by atoms with Gasteiger partial charge >= 0.3 is 0 Å². The van der Waals surface area contributed by atoms with Gasteiger partial charge in [0.05, 0.1) is 11.4 Å². The minimum atomic E-state index is -0.130. The van der Waals surface area contributed by atoms with Gasteiger partial charge in [-0.25, -0.2) is 0 Å². The lowest BCUT2D eigenvalue weighted by Crippen LogP contribution is -2.43. The monoisotopic (exact) mass is 330 g/mol. The number of nitrogens with two attached hydrogens (primary N) is 1. The number of hydrogen-bond acceptors (Lipinski definition) is 3. The number of amides is 1. The van der Waals surface area contributed by atoms with Crippen molar-refractivity contribution in [2.24, 2.45) is 5.73 Å². The van der Waals surface area contributed by atoms with Crippen LogP contribution in [0.15, 0.2) is 24.3 Å². The zero-order valence-corrected chi connectivity index (χ0v) is 14.4. The predicted molar refractivity (Wildman–Crippen MR) is 95.4 cm³/mol. The van der Waals surface area contributed by atoms with E-state index >= 15 is 0 Å². The van der Waals surface area contributed by atoms with Crippen LogP contribution in [0.3, 0.4) is 0 Å². The van der Waals surface area contributed by atoms with Crippen LogP contribution in [0.4, 0.5) is 0 Å². The van der Waals surface area contributed by atoms with E-state index in [9.17, 15) is 4.79 Å². The molecule has 4 rings (SSSR count). The molecule has 2 aliphatic heterocycles. The molecule has 0 spiro atoms. The van der Waals surface area contributed by atoms with Crippen molar-refractivity contribution in [3.63, 3.8) is 0 Å². The van der Waals surface area contributed by atoms with Crippen LogP contribution < -0.4 is 5.73 Å². The van der Waals surface area contributed by atoms with Gasteiger partial charge in [-0.1, -0.05) is 24.3 Å². The summed E-state index contributed by atoms with van der Waals surface area (Å²) in [4.78, 5) is 14.1. The molecule has 0 saturated carbocycles. The third-order valence-electron chi connectivity index (χ3n) is 5.89. The second kappa shape index (κ2) is 6.48. The first-order valence-corrected chi connectivity index (χ1v) is 9.96. The highest BCUT2D eigenvalue weighted by atomic mass is 32.2. The summed E-state index contributed by atoms with van der Waals surface area (Å²) in [7, 11) is 0. The van der Waals surface area contributed by atoms with Crippen molar-refractivity contribution in [3.05, 3.63) is 35.4 Å². The minimum Gasteiger partial charge on any atom is -0.368 e. The van der Waals surface area contributed by atoms with Gasteiger partial charge in [-0.15, -0.1) is 11.8 Å². The van der Waals surface area contributed by atoms with Gasteiger partial charge in [-0.3, -0.25) is 9.69 Å². The lowest BCUT2D eigenvalue weighted by Gasteiger charge is -2.33. The van der Waals surface area contributed by atoms with Crippen molar-refractivity contribution < 1.29 is 4.79 Å². The highest BCUT2D eigenvalue weighted by molar-refractivity contribution is 8.00. The number of carbonyl (C=O) groups excluding carboxylic acids is 1. The summed E-state index contributed by atoms with van der Waals surface area (Å²) in [6, 6.07) is 9.02. The summed E-state index contributed by atoms with van der Waals surface area (Å²) in [5, 5.41) is 1.19. The van der Waals surface area contributed by atoms with Gasteiger partial charge in [-0.05, 0) is 62.0 Å². The van der Waals surface area contributed by atoms with E-state index < -0.39 is 0 Å². The first kappa shape index (κ1) is 15.5. The lowest BCUT2D eigenvalue weighted by atomic mass is 9.80. The maximum atomic E-state index is 11.7. The number of hydrogen-bond donors (Lipinski definition) is 1. The van der Waals surface area contributed by atoms with Crippen LogP contribution in [-0.4, -0.2) is 34.0 Å². The van der Waals surface area contributed by atoms with E-state index in [2.05, 4.69) is 40.9 Å². The molecular weight excluding hydrogens is 304 g/mol. The average molecular weight is 330 g/mol. The molecular formula is C19H26N2OS. The Morgan fingerprint density at radius 3 is 2.87 bits per heavy atom. The molecule has 3 aliphatic rings. The SMILES string of the molecule is NC(=O)C1CCC2SC([C@@H]3CCCc4ccccc43)CCCN21. The number of nitrogens with zero attached hydrogens (tertiary/aromatic N) is 1. The smallest absolute Gasteiger partial charge is 0.234 e. The van der Waals surface area contributed by atoms with Crippen LogP contribution in [-0.2, 0) is 11.2 Å². The van der Waals surface area contributed by atoms with Gasteiger partial charge in [0.25, 0.3) is 0 Å². The largest absolute Gasteiger partial charge is 0.368 e. The van der Waals surface area contributed by atoms with Crippen molar-refractivity contribution in [1.29, 1.82) is 0 Å². The van der Waals surface area contributed by atoms with E-state index in [4.69, 9.17) is 5.73 Å². The van der Waals surface area contributed by atoms with Crippen LogP contribution in [0.5, 0.6) is 0 Å². The summed E-state index contributed by atoms with van der Waals surface area (Å²) in [5.74, 6) is 0.562. The quantitative estimate of drug-likeness (QED) is 0.905. The number of primary amides is 1. The predicted octanol–water partition coefficient (Wildman–Crippen LogP) is 3.28. The maximum Gasteiger partial charge on any atom is 0.234 e. The minimum absolute atomic E-state index is 0.0232. The number of thioether (sulfide) groups is 1. The highest BCUT2D eigenvalue weighted by Gasteiger charge is 2.41. The van der Waals surface area contributed by atoms with E-state index in [1.807, 2.05) is 0 Å². The van der Waals surface area contributed by atoms with E-state index in [0.29, 0.717) is 16.5 Å². The van der Waals surface area contributed by atoms with Gasteiger partial charge in [0.2, 0.25) is 5.91 Å². The molecule has 1 aliphatic carbocycles. The Bertz CT molecular complexity index is 590. The van der Waals surface area contributed by atoms with Gasteiger partial charge in [0.15, 0.2) is 0 Å². The highest BCUT2D eigenvalue weighted by Crippen LogP contribution is 2.46. The van der Waals surface area contributed by atoms with Crippen LogP contribution in [0.1, 0.15) is 55.6 Å². The fourth-order valence-corrected chi connectivity index (χ4v) is 6.66. The molecule has 23 heavy (non-hydrogen) atoms. The zero-order chi connectivity index (χ0) is 15.8. The summed E-state index contributed by atoms with van der Waals surface area (Å²) in [5.41, 5.74) is 8.76. The Kier molecular flexibility index (Phi) is 4.37. The Balaban J connectivity index is 1.54. The van der Waals surface area contributed by atoms with E-state index in [1.54, 1.807) is 11.1 Å². The number of benzene rings is 1. The van der Waals surface area contributed by atoms with Crippen LogP contribution in [0.25, 0.3) is 0 Å². The van der Waals surface area contributed by atoms with Crippen LogP contribution in [0.2, 0.25) is 0 Å². The van der Waals surface area contributed by atoms with Crippen LogP contribution >= 0.6 is 11.8 Å². The molecule has 0 radical (unpaired) electrons. The molecule has 1 aromatic carbocycles. The summed E-state index contributed by atoms with van der Waals surface area (Å²) >= 11 is 2.13. The van der Waals surface area contributed by atoms with Crippen molar-refractivity contribution >= 4 is 17.7 Å². The molecule has 0 bridgehead atoms. The Morgan fingerprint density at radius 1 is 1.13 bits per heavy atom. The summed E-state index contributed by atoms with van der Waals surface area (Å²) < 4.78 is 0. The second-order valence-electron chi connectivity index (χ2n) is 7.20. The summed E-state index contributed by atoms with van der Waals surface area (Å²) in [6.07, 6.45) is 8.39. The van der Waals surface area contributed by atoms with Gasteiger partial charge < -0.3 is 5.73 Å². The molecule has 2 saturated heterocycles. The van der Waals surface area contributed by atoms with Crippen molar-refractivity contribution in [2.45, 2.75) is 67.5 Å². The average Bonchev–Trinajstić information content (AvgIpc) is 2.85. The number of carbonyl (C=O) groups is 1. The molecule has 4 heteroatoms. The fraction of sp³-hybridized carbons (Fsp3) is 0.632. The molecule has 1 aromatic rings. The standard InChI is InChI=1S/C19H26N2OS/c20-19(22)16-10-11-18-21(16)12-4-9-17(23-18)15-8-3-6-13-5-1-2-7-14(13)15/h1-2,5,7,15-18H,3-4,6,8-12H2,(H2,20,22)/t15-,16?,17?,18?/m1/s1. The number of rotatable bonds is 2. The normalized spacial score (nSPS) is 34.4. The molecule has 3 nitrogen and oxygen atoms in total. The third-order valence-corrected chi connectivity index (χ3v) is 7.62. The van der Waals surface area contributed by atoms with E-state index in [1.165, 1.54) is 32.1 Å². The van der Waals surface area contributed by atoms with Crippen molar-refractivity contribution in [2.75, 3.05) is 6.54 Å². The first-order chi connectivity index (χ1) is 11.2. The topological polar surface area (TPSA) is 46.3 Å². The van der Waals surface area contributed by atoms with Crippen molar-refractivity contribution in [1.82, 2.24) is 4.90 Å². The lowest BCUT2D eigenvalue weighted by molar-refractivity contribution is -0.122. The van der Waals surface area contributed by atoms with Crippen molar-refractivity contribution in [3.8, 4) is 0 Å². The van der Waals surface area contributed by atoms with Gasteiger partial charge in [0, 0.05) is 11.8 Å². The Labute approximate surface area is 143 Å². The van der Waals surface area contributed by atoms with Crippen LogP contribution in [0, 0.1) is 0 Å². The van der Waals surface area contributed by atoms with E-state index in [0.717, 1.165) is 19.4 Å². The Hall–Kier alpha value is -1.00. The van der Waals surface area contributed by atoms with Gasteiger partial charge in [-0.2, -0.15) is 0 Å². The second-order valence-corrected chi connectivity index (χ2v) is 8.62. The Morgan fingerprint density at radius 2 is 2.00 bits per heavy atom. The molecule has 2 fully saturated rings. The fourth-order valence-electron chi connectivity index (χ4n) is 4.80. The molecule has 2 heterocycles. The molecule has 0 aromatic heterocycles. The van der Waals surface area contributed by atoms with Gasteiger partial charge in [0.1, 0.15) is 0 Å².